The molecule has 2 aromatic heterocycles. The van der Waals surface area contributed by atoms with Gasteiger partial charge in [-0.3, -0.25) is 9.69 Å². The van der Waals surface area contributed by atoms with Gasteiger partial charge in [-0.15, -0.1) is 0 Å². The predicted octanol–water partition coefficient (Wildman–Crippen LogP) is 1.24. The van der Waals surface area contributed by atoms with E-state index in [-0.39, 0.29) is 5.56 Å². The van der Waals surface area contributed by atoms with Crippen molar-refractivity contribution >= 4 is 5.95 Å². The number of rotatable bonds is 4. The number of fused-ring (bicyclic) bond motifs is 6. The first-order valence-electron chi connectivity index (χ1n) is 10.9. The SMILES string of the molecule is COc1ccnc(N2C[C@@H]3C[C@H](C2)c2ccc(CN4C[C@H]5C[C@@H]4CO5)c(=O)n2C3)n1. The monoisotopic (exact) mass is 409 g/mol. The minimum absolute atomic E-state index is 0.192. The van der Waals surface area contributed by atoms with Crippen molar-refractivity contribution in [3.8, 4) is 5.88 Å². The van der Waals surface area contributed by atoms with Crippen molar-refractivity contribution < 1.29 is 9.47 Å². The summed E-state index contributed by atoms with van der Waals surface area (Å²) in [6.07, 6.45) is 4.33. The van der Waals surface area contributed by atoms with E-state index in [0.717, 1.165) is 63.4 Å². The predicted molar refractivity (Wildman–Crippen MR) is 111 cm³/mol. The molecule has 4 bridgehead atoms. The van der Waals surface area contributed by atoms with E-state index in [4.69, 9.17) is 9.47 Å². The van der Waals surface area contributed by atoms with Crippen LogP contribution in [0.3, 0.4) is 0 Å². The highest BCUT2D eigenvalue weighted by Crippen LogP contribution is 2.36. The van der Waals surface area contributed by atoms with Gasteiger partial charge in [-0.05, 0) is 24.8 Å². The van der Waals surface area contributed by atoms with Crippen LogP contribution >= 0.6 is 0 Å². The number of nitrogens with zero attached hydrogens (tertiary/aromatic N) is 5. The van der Waals surface area contributed by atoms with Crippen LogP contribution < -0.4 is 15.2 Å². The molecule has 3 fully saturated rings. The second-order valence-corrected chi connectivity index (χ2v) is 9.08. The molecular weight excluding hydrogens is 382 g/mol. The Morgan fingerprint density at radius 2 is 2.10 bits per heavy atom. The van der Waals surface area contributed by atoms with Gasteiger partial charge >= 0.3 is 0 Å². The lowest BCUT2D eigenvalue weighted by Crippen LogP contribution is -2.48. The Hall–Kier alpha value is -2.45. The van der Waals surface area contributed by atoms with Gasteiger partial charge in [0.15, 0.2) is 0 Å². The van der Waals surface area contributed by atoms with Gasteiger partial charge in [-0.1, -0.05) is 6.07 Å². The maximum absolute atomic E-state index is 13.3. The molecule has 0 spiro atoms. The van der Waals surface area contributed by atoms with E-state index in [1.807, 2.05) is 4.57 Å². The molecule has 8 heteroatoms. The fraction of sp³-hybridized carbons (Fsp3) is 0.591. The largest absolute Gasteiger partial charge is 0.481 e. The lowest BCUT2D eigenvalue weighted by Gasteiger charge is -2.43. The molecule has 0 unspecified atom stereocenters. The van der Waals surface area contributed by atoms with Crippen LogP contribution in [0.15, 0.2) is 29.2 Å². The van der Waals surface area contributed by atoms with Gasteiger partial charge in [0, 0.05) is 68.2 Å². The summed E-state index contributed by atoms with van der Waals surface area (Å²) in [5.74, 6) is 2.04. The van der Waals surface area contributed by atoms with E-state index in [9.17, 15) is 4.79 Å². The number of hydrogen-bond acceptors (Lipinski definition) is 7. The Bertz CT molecular complexity index is 1020. The molecule has 6 rings (SSSR count). The maximum Gasteiger partial charge on any atom is 0.255 e. The lowest BCUT2D eigenvalue weighted by atomic mass is 9.83. The van der Waals surface area contributed by atoms with Gasteiger partial charge in [0.25, 0.3) is 5.56 Å². The molecular formula is C22H27N5O3. The summed E-state index contributed by atoms with van der Waals surface area (Å²) in [5, 5.41) is 0. The maximum atomic E-state index is 13.3. The zero-order valence-electron chi connectivity index (χ0n) is 17.2. The van der Waals surface area contributed by atoms with E-state index in [0.29, 0.717) is 35.8 Å². The normalized spacial score (nSPS) is 29.8. The van der Waals surface area contributed by atoms with Gasteiger partial charge in [-0.2, -0.15) is 4.98 Å². The van der Waals surface area contributed by atoms with Crippen molar-refractivity contribution in [1.82, 2.24) is 19.4 Å². The number of anilines is 1. The molecule has 0 amide bonds. The molecule has 0 radical (unpaired) electrons. The van der Waals surface area contributed by atoms with Crippen molar-refractivity contribution in [3.63, 3.8) is 0 Å². The zero-order valence-corrected chi connectivity index (χ0v) is 17.2. The zero-order chi connectivity index (χ0) is 20.2. The fourth-order valence-corrected chi connectivity index (χ4v) is 5.76. The van der Waals surface area contributed by atoms with Crippen LogP contribution in [0.4, 0.5) is 5.95 Å². The van der Waals surface area contributed by atoms with E-state index in [1.165, 1.54) is 0 Å². The van der Waals surface area contributed by atoms with E-state index in [1.54, 1.807) is 19.4 Å². The molecule has 4 aliphatic rings. The van der Waals surface area contributed by atoms with Crippen LogP contribution in [0, 0.1) is 5.92 Å². The van der Waals surface area contributed by atoms with Crippen molar-refractivity contribution in [3.05, 3.63) is 46.0 Å². The number of methoxy groups -OCH3 is 1. The summed E-state index contributed by atoms with van der Waals surface area (Å²) in [6.45, 7) is 4.97. The molecule has 0 aromatic carbocycles. The van der Waals surface area contributed by atoms with Crippen molar-refractivity contribution in [2.45, 2.75) is 44.0 Å². The molecule has 158 valence electrons. The van der Waals surface area contributed by atoms with Crippen molar-refractivity contribution in [1.29, 1.82) is 0 Å². The number of hydrogen-bond donors (Lipinski definition) is 0. The molecule has 2 aromatic rings. The smallest absolute Gasteiger partial charge is 0.255 e. The molecule has 8 nitrogen and oxygen atoms in total. The second kappa shape index (κ2) is 7.06. The Kier molecular flexibility index (Phi) is 4.31. The first kappa shape index (κ1) is 18.3. The number of pyridine rings is 1. The number of aromatic nitrogens is 3. The van der Waals surface area contributed by atoms with Crippen molar-refractivity contribution in [2.24, 2.45) is 5.92 Å². The number of piperidine rings is 1. The third-order valence-electron chi connectivity index (χ3n) is 7.18. The first-order valence-corrected chi connectivity index (χ1v) is 10.9. The Balaban J connectivity index is 1.25. The van der Waals surface area contributed by atoms with Crippen LogP contribution in [-0.4, -0.2) is 64.9 Å². The summed E-state index contributed by atoms with van der Waals surface area (Å²) in [5.41, 5.74) is 2.26. The van der Waals surface area contributed by atoms with Crippen LogP contribution in [-0.2, 0) is 17.8 Å². The number of likely N-dealkylation sites (tertiary alicyclic amines) is 1. The highest BCUT2D eigenvalue weighted by Gasteiger charge is 2.40. The standard InChI is InChI=1S/C22H27N5O3/c1-29-20-4-5-23-22(24-20)26-8-14-6-16(11-26)19-3-2-15(21(28)27(19)9-14)10-25-12-18-7-17(25)13-30-18/h2-5,14,16-18H,6-13H2,1H3/t14-,16+,17+,18+/m0/s1. The van der Waals surface area contributed by atoms with Gasteiger partial charge in [-0.25, -0.2) is 4.98 Å². The first-order chi connectivity index (χ1) is 14.7. The van der Waals surface area contributed by atoms with E-state index in [2.05, 4.69) is 31.9 Å². The third kappa shape index (κ3) is 3.01. The van der Waals surface area contributed by atoms with Crippen LogP contribution in [0.5, 0.6) is 5.88 Å². The highest BCUT2D eigenvalue weighted by atomic mass is 16.5. The van der Waals surface area contributed by atoms with Crippen molar-refractivity contribution in [2.75, 3.05) is 38.3 Å². The lowest BCUT2D eigenvalue weighted by molar-refractivity contribution is 0.0271. The molecule has 0 N–H and O–H groups in total. The quantitative estimate of drug-likeness (QED) is 0.752. The summed E-state index contributed by atoms with van der Waals surface area (Å²) in [6, 6.07) is 6.48. The summed E-state index contributed by atoms with van der Waals surface area (Å²) in [4.78, 5) is 27.0. The third-order valence-corrected chi connectivity index (χ3v) is 7.18. The molecule has 30 heavy (non-hydrogen) atoms. The highest BCUT2D eigenvalue weighted by molar-refractivity contribution is 5.36. The molecule has 0 saturated carbocycles. The molecule has 4 atom stereocenters. The Labute approximate surface area is 175 Å². The Morgan fingerprint density at radius 3 is 2.90 bits per heavy atom. The van der Waals surface area contributed by atoms with Gasteiger partial charge < -0.3 is 18.9 Å². The topological polar surface area (TPSA) is 72.7 Å². The summed E-state index contributed by atoms with van der Waals surface area (Å²) >= 11 is 0. The van der Waals surface area contributed by atoms with Crippen LogP contribution in [0.2, 0.25) is 0 Å². The number of ether oxygens (including phenoxy) is 2. The minimum atomic E-state index is 0.192. The van der Waals surface area contributed by atoms with Gasteiger partial charge in [0.2, 0.25) is 11.8 Å². The molecule has 0 aliphatic carbocycles. The van der Waals surface area contributed by atoms with E-state index < -0.39 is 0 Å². The molecule has 6 heterocycles. The Morgan fingerprint density at radius 1 is 1.17 bits per heavy atom. The molecule has 3 saturated heterocycles. The fourth-order valence-electron chi connectivity index (χ4n) is 5.76. The average molecular weight is 409 g/mol. The van der Waals surface area contributed by atoms with Gasteiger partial charge in [0.05, 0.1) is 19.8 Å². The summed E-state index contributed by atoms with van der Waals surface area (Å²) in [7, 11) is 1.62. The summed E-state index contributed by atoms with van der Waals surface area (Å²) < 4.78 is 13.0. The van der Waals surface area contributed by atoms with Crippen LogP contribution in [0.25, 0.3) is 0 Å². The van der Waals surface area contributed by atoms with Crippen LogP contribution in [0.1, 0.15) is 30.0 Å². The second-order valence-electron chi connectivity index (χ2n) is 9.08. The van der Waals surface area contributed by atoms with Gasteiger partial charge in [0.1, 0.15) is 0 Å². The molecule has 4 aliphatic heterocycles. The average Bonchev–Trinajstić information content (AvgIpc) is 3.39. The number of morpholine rings is 1. The van der Waals surface area contributed by atoms with E-state index >= 15 is 0 Å². The minimum Gasteiger partial charge on any atom is -0.481 e.